The van der Waals surface area contributed by atoms with Crippen molar-refractivity contribution in [2.45, 2.75) is 25.7 Å². The third-order valence-electron chi connectivity index (χ3n) is 5.41. The van der Waals surface area contributed by atoms with Crippen LogP contribution in [0.5, 0.6) is 0 Å². The number of aromatic nitrogens is 1. The molecule has 1 aromatic carbocycles. The van der Waals surface area contributed by atoms with Crippen molar-refractivity contribution in [3.63, 3.8) is 0 Å². The molecule has 4 rings (SSSR count). The molecule has 2 aliphatic rings. The molecule has 1 spiro atoms. The molecule has 0 aliphatic carbocycles. The lowest BCUT2D eigenvalue weighted by Gasteiger charge is -2.38. The first kappa shape index (κ1) is 15.8. The lowest BCUT2D eigenvalue weighted by Crippen LogP contribution is -2.43. The van der Waals surface area contributed by atoms with Gasteiger partial charge in [-0.25, -0.2) is 4.98 Å². The predicted molar refractivity (Wildman–Crippen MR) is 96.4 cm³/mol. The Balaban J connectivity index is 1.38. The Morgan fingerprint density at radius 2 is 2.00 bits per heavy atom. The van der Waals surface area contributed by atoms with Crippen LogP contribution in [0.3, 0.4) is 0 Å². The number of hydrogen-bond acceptors (Lipinski definition) is 4. The van der Waals surface area contributed by atoms with Crippen molar-refractivity contribution in [1.82, 2.24) is 15.2 Å². The van der Waals surface area contributed by atoms with E-state index < -0.39 is 0 Å². The van der Waals surface area contributed by atoms with Gasteiger partial charge in [0.15, 0.2) is 0 Å². The third-order valence-corrected chi connectivity index (χ3v) is 6.39. The highest BCUT2D eigenvalue weighted by Crippen LogP contribution is 2.37. The average molecular weight is 341 g/mol. The first-order chi connectivity index (χ1) is 11.7. The summed E-state index contributed by atoms with van der Waals surface area (Å²) in [6.07, 6.45) is 6.07. The summed E-state index contributed by atoms with van der Waals surface area (Å²) < 4.78 is 0. The Labute approximate surface area is 146 Å². The van der Waals surface area contributed by atoms with Crippen molar-refractivity contribution in [1.29, 1.82) is 0 Å². The van der Waals surface area contributed by atoms with Crippen molar-refractivity contribution in [2.24, 2.45) is 5.41 Å². The largest absolute Gasteiger partial charge is 0.338 e. The number of nitrogens with zero attached hydrogens (tertiary/aromatic N) is 2. The minimum absolute atomic E-state index is 0.160. The molecule has 2 aliphatic heterocycles. The smallest absolute Gasteiger partial charge is 0.265 e. The molecular weight excluding hydrogens is 318 g/mol. The molecule has 0 bridgehead atoms. The lowest BCUT2D eigenvalue weighted by atomic mass is 9.78. The molecule has 0 atom stereocenters. The van der Waals surface area contributed by atoms with Crippen LogP contribution in [0.4, 0.5) is 0 Å². The number of benzene rings is 1. The zero-order chi connectivity index (χ0) is 16.4. The number of hydrogen-bond donors (Lipinski definition) is 1. The van der Waals surface area contributed by atoms with E-state index in [4.69, 9.17) is 0 Å². The summed E-state index contributed by atoms with van der Waals surface area (Å²) in [6, 6.07) is 10.3. The lowest BCUT2D eigenvalue weighted by molar-refractivity contribution is 0.0612. The van der Waals surface area contributed by atoms with Gasteiger partial charge in [0, 0.05) is 26.1 Å². The summed E-state index contributed by atoms with van der Waals surface area (Å²) >= 11 is 1.54. The van der Waals surface area contributed by atoms with Crippen molar-refractivity contribution in [3.8, 4) is 0 Å². The fourth-order valence-corrected chi connectivity index (χ4v) is 4.74. The van der Waals surface area contributed by atoms with E-state index in [1.54, 1.807) is 6.20 Å². The average Bonchev–Trinajstić information content (AvgIpc) is 3.26. The van der Waals surface area contributed by atoms with Crippen molar-refractivity contribution in [3.05, 3.63) is 52.0 Å². The zero-order valence-electron chi connectivity index (χ0n) is 13.8. The molecule has 2 fully saturated rings. The second kappa shape index (κ2) is 6.65. The summed E-state index contributed by atoms with van der Waals surface area (Å²) in [7, 11) is 0. The van der Waals surface area contributed by atoms with Gasteiger partial charge in [0.25, 0.3) is 5.91 Å². The van der Waals surface area contributed by atoms with Crippen LogP contribution in [0.1, 0.15) is 39.5 Å². The Hall–Kier alpha value is -1.72. The molecule has 0 unspecified atom stereocenters. The van der Waals surface area contributed by atoms with Crippen LogP contribution in [0, 0.1) is 5.41 Å². The normalized spacial score (nSPS) is 19.8. The highest BCUT2D eigenvalue weighted by atomic mass is 32.1. The second-order valence-electron chi connectivity index (χ2n) is 7.00. The standard InChI is InChI=1S/C19H23N3OS/c23-18(22-10-7-19(8-11-22)6-9-20-14-19)16-13-21-17(24-16)12-15-4-2-1-3-5-15/h1-5,13,20H,6-12,14H2. The topological polar surface area (TPSA) is 45.2 Å². The Morgan fingerprint density at radius 3 is 2.71 bits per heavy atom. The molecule has 1 aromatic heterocycles. The fourth-order valence-electron chi connectivity index (χ4n) is 3.82. The molecule has 4 nitrogen and oxygen atoms in total. The molecular formula is C19H23N3OS. The molecule has 126 valence electrons. The van der Waals surface area contributed by atoms with Crippen LogP contribution >= 0.6 is 11.3 Å². The van der Waals surface area contributed by atoms with Gasteiger partial charge in [-0.15, -0.1) is 11.3 Å². The quantitative estimate of drug-likeness (QED) is 0.933. The number of carbonyl (C=O) groups is 1. The summed E-state index contributed by atoms with van der Waals surface area (Å²) in [5.41, 5.74) is 1.68. The van der Waals surface area contributed by atoms with Gasteiger partial charge >= 0.3 is 0 Å². The molecule has 1 N–H and O–H groups in total. The van der Waals surface area contributed by atoms with Crippen molar-refractivity contribution < 1.29 is 4.79 Å². The van der Waals surface area contributed by atoms with E-state index >= 15 is 0 Å². The van der Waals surface area contributed by atoms with Crippen LogP contribution in [0.25, 0.3) is 0 Å². The molecule has 0 saturated carbocycles. The predicted octanol–water partition coefficient (Wildman–Crippen LogP) is 2.95. The summed E-state index contributed by atoms with van der Waals surface area (Å²) in [5, 5.41) is 4.49. The zero-order valence-corrected chi connectivity index (χ0v) is 14.6. The van der Waals surface area contributed by atoms with Crippen LogP contribution in [-0.4, -0.2) is 42.0 Å². The number of likely N-dealkylation sites (tertiary alicyclic amines) is 1. The highest BCUT2D eigenvalue weighted by Gasteiger charge is 2.38. The third kappa shape index (κ3) is 3.23. The van der Waals surface area contributed by atoms with Crippen molar-refractivity contribution >= 4 is 17.2 Å². The number of rotatable bonds is 3. The van der Waals surface area contributed by atoms with Gasteiger partial charge in [0.1, 0.15) is 4.88 Å². The number of piperidine rings is 1. The Kier molecular flexibility index (Phi) is 4.37. The Morgan fingerprint density at radius 1 is 1.21 bits per heavy atom. The maximum absolute atomic E-state index is 12.7. The van der Waals surface area contributed by atoms with Gasteiger partial charge in [0.05, 0.1) is 11.2 Å². The molecule has 0 radical (unpaired) electrons. The van der Waals surface area contributed by atoms with E-state index in [2.05, 4.69) is 22.4 Å². The molecule has 2 aromatic rings. The van der Waals surface area contributed by atoms with E-state index in [0.717, 1.165) is 55.3 Å². The van der Waals surface area contributed by atoms with E-state index in [9.17, 15) is 4.79 Å². The summed E-state index contributed by atoms with van der Waals surface area (Å²) in [5.74, 6) is 0.160. The summed E-state index contributed by atoms with van der Waals surface area (Å²) in [6.45, 7) is 4.02. The van der Waals surface area contributed by atoms with Gasteiger partial charge in [-0.1, -0.05) is 30.3 Å². The van der Waals surface area contributed by atoms with Crippen LogP contribution in [0.2, 0.25) is 0 Å². The second-order valence-corrected chi connectivity index (χ2v) is 8.11. The number of amides is 1. The van der Waals surface area contributed by atoms with E-state index in [1.807, 2.05) is 23.1 Å². The molecule has 3 heterocycles. The van der Waals surface area contributed by atoms with Crippen LogP contribution in [0.15, 0.2) is 36.5 Å². The van der Waals surface area contributed by atoms with E-state index in [-0.39, 0.29) is 5.91 Å². The Bertz CT molecular complexity index is 696. The van der Waals surface area contributed by atoms with E-state index in [1.165, 1.54) is 23.3 Å². The van der Waals surface area contributed by atoms with Gasteiger partial charge in [-0.05, 0) is 36.8 Å². The summed E-state index contributed by atoms with van der Waals surface area (Å²) in [4.78, 5) is 20.0. The monoisotopic (exact) mass is 341 g/mol. The first-order valence-electron chi connectivity index (χ1n) is 8.73. The number of carbonyl (C=O) groups excluding carboxylic acids is 1. The SMILES string of the molecule is O=C(c1cnc(Cc2ccccc2)s1)N1CCC2(CCNC2)CC1. The molecule has 24 heavy (non-hydrogen) atoms. The van der Waals surface area contributed by atoms with Gasteiger partial charge in [-0.3, -0.25) is 4.79 Å². The minimum Gasteiger partial charge on any atom is -0.338 e. The maximum Gasteiger partial charge on any atom is 0.265 e. The molecule has 2 saturated heterocycles. The van der Waals surface area contributed by atoms with E-state index in [0.29, 0.717) is 5.41 Å². The molecule has 1 amide bonds. The van der Waals surface area contributed by atoms with Gasteiger partial charge in [0.2, 0.25) is 0 Å². The number of nitrogens with one attached hydrogen (secondary N) is 1. The van der Waals surface area contributed by atoms with Crippen molar-refractivity contribution in [2.75, 3.05) is 26.2 Å². The first-order valence-corrected chi connectivity index (χ1v) is 9.54. The fraction of sp³-hybridized carbons (Fsp3) is 0.474. The van der Waals surface area contributed by atoms with Gasteiger partial charge < -0.3 is 10.2 Å². The molecule has 5 heteroatoms. The van der Waals surface area contributed by atoms with Crippen LogP contribution in [-0.2, 0) is 6.42 Å². The maximum atomic E-state index is 12.7. The van der Waals surface area contributed by atoms with Gasteiger partial charge in [-0.2, -0.15) is 0 Å². The van der Waals surface area contributed by atoms with Crippen LogP contribution < -0.4 is 5.32 Å². The highest BCUT2D eigenvalue weighted by molar-refractivity contribution is 7.13. The minimum atomic E-state index is 0.160. The number of thiazole rings is 1.